The first-order valence-corrected chi connectivity index (χ1v) is 9.46. The Hall–Kier alpha value is -3.06. The Morgan fingerprint density at radius 1 is 1.19 bits per heavy atom. The van der Waals surface area contributed by atoms with E-state index < -0.39 is 0 Å². The smallest absolute Gasteiger partial charge is 0.287 e. The number of benzene rings is 2. The highest BCUT2D eigenvalue weighted by molar-refractivity contribution is 7.13. The highest BCUT2D eigenvalue weighted by Crippen LogP contribution is 2.28. The number of methoxy groups -OCH3 is 1. The first-order valence-electron chi connectivity index (χ1n) is 8.69. The van der Waals surface area contributed by atoms with Crippen molar-refractivity contribution in [2.45, 2.75) is 6.42 Å². The predicted octanol–water partition coefficient (Wildman–Crippen LogP) is 4.28. The summed E-state index contributed by atoms with van der Waals surface area (Å²) in [5.41, 5.74) is 0.585. The number of carbonyl (C=O) groups is 1. The van der Waals surface area contributed by atoms with E-state index >= 15 is 0 Å². The molecule has 138 valence electrons. The third-order valence-electron chi connectivity index (χ3n) is 4.26. The molecule has 2 heterocycles. The van der Waals surface area contributed by atoms with E-state index in [0.29, 0.717) is 17.9 Å². The number of aromatic nitrogens is 1. The molecule has 4 aromatic rings. The second kappa shape index (κ2) is 7.67. The van der Waals surface area contributed by atoms with Crippen molar-refractivity contribution >= 4 is 44.3 Å². The van der Waals surface area contributed by atoms with Gasteiger partial charge in [0.2, 0.25) is 0 Å². The van der Waals surface area contributed by atoms with Crippen LogP contribution in [0.15, 0.2) is 52.9 Å². The molecule has 0 spiro atoms. The van der Waals surface area contributed by atoms with Crippen molar-refractivity contribution in [2.75, 3.05) is 25.5 Å². The molecule has 0 saturated heterocycles. The number of rotatable bonds is 7. The van der Waals surface area contributed by atoms with E-state index in [4.69, 9.17) is 9.15 Å². The number of amides is 1. The largest absolute Gasteiger partial charge is 0.493 e. The molecule has 1 amide bonds. The second-order valence-electron chi connectivity index (χ2n) is 6.05. The molecule has 0 fully saturated rings. The van der Waals surface area contributed by atoms with E-state index in [1.54, 1.807) is 19.2 Å². The number of furan rings is 1. The zero-order chi connectivity index (χ0) is 18.6. The van der Waals surface area contributed by atoms with Crippen LogP contribution in [0, 0.1) is 0 Å². The Morgan fingerprint density at radius 2 is 2.07 bits per heavy atom. The number of hydrogen-bond acceptors (Lipinski definition) is 6. The third-order valence-corrected chi connectivity index (χ3v) is 5.09. The molecule has 0 aliphatic carbocycles. The third kappa shape index (κ3) is 3.59. The van der Waals surface area contributed by atoms with Crippen LogP contribution in [-0.4, -0.2) is 30.5 Å². The van der Waals surface area contributed by atoms with Crippen molar-refractivity contribution in [2.24, 2.45) is 0 Å². The summed E-state index contributed by atoms with van der Waals surface area (Å²) in [6.45, 7) is 1.27. The van der Waals surface area contributed by atoms with E-state index in [1.807, 2.05) is 24.3 Å². The average Bonchev–Trinajstić information content (AvgIpc) is 3.31. The lowest BCUT2D eigenvalue weighted by molar-refractivity contribution is 0.0928. The molecule has 0 bridgehead atoms. The van der Waals surface area contributed by atoms with Crippen LogP contribution in [0.3, 0.4) is 0 Å². The summed E-state index contributed by atoms with van der Waals surface area (Å²) >= 11 is 1.48. The van der Waals surface area contributed by atoms with Gasteiger partial charge in [-0.2, -0.15) is 4.37 Å². The summed E-state index contributed by atoms with van der Waals surface area (Å²) in [4.78, 5) is 12.3. The number of carbonyl (C=O) groups excluding carboxylic acids is 1. The van der Waals surface area contributed by atoms with Crippen molar-refractivity contribution in [3.05, 3.63) is 54.3 Å². The summed E-state index contributed by atoms with van der Waals surface area (Å²) in [6, 6.07) is 15.4. The van der Waals surface area contributed by atoms with Gasteiger partial charge >= 0.3 is 0 Å². The topological polar surface area (TPSA) is 76.4 Å². The lowest BCUT2D eigenvalue weighted by Crippen LogP contribution is -2.25. The molecule has 0 aliphatic heterocycles. The molecule has 0 unspecified atom stereocenters. The van der Waals surface area contributed by atoms with Crippen LogP contribution in [0.2, 0.25) is 0 Å². The van der Waals surface area contributed by atoms with E-state index in [1.165, 1.54) is 11.5 Å². The fourth-order valence-electron chi connectivity index (χ4n) is 2.91. The number of nitrogens with zero attached hydrogens (tertiary/aromatic N) is 1. The normalized spacial score (nSPS) is 11.0. The molecule has 7 heteroatoms. The molecule has 0 aliphatic rings. The minimum Gasteiger partial charge on any atom is -0.493 e. The molecule has 2 aromatic carbocycles. The van der Waals surface area contributed by atoms with Crippen LogP contribution in [0.25, 0.3) is 21.1 Å². The molecule has 2 N–H and O–H groups in total. The standard InChI is InChI=1S/C20H19N3O3S/c1-25-15-8-4-6-13-12-16(26-18(13)15)20(24)22-11-5-10-21-19-14-7-2-3-9-17(14)27-23-19/h2-4,6-9,12H,5,10-11H2,1H3,(H,21,23)(H,22,24). The van der Waals surface area contributed by atoms with E-state index in [-0.39, 0.29) is 11.7 Å². The van der Waals surface area contributed by atoms with Crippen molar-refractivity contribution in [3.8, 4) is 5.75 Å². The highest BCUT2D eigenvalue weighted by Gasteiger charge is 2.14. The van der Waals surface area contributed by atoms with Crippen LogP contribution < -0.4 is 15.4 Å². The van der Waals surface area contributed by atoms with Gasteiger partial charge in [-0.05, 0) is 42.2 Å². The minimum absolute atomic E-state index is 0.229. The van der Waals surface area contributed by atoms with Crippen molar-refractivity contribution in [1.29, 1.82) is 0 Å². The maximum atomic E-state index is 12.3. The maximum absolute atomic E-state index is 12.3. The monoisotopic (exact) mass is 381 g/mol. The molecular formula is C20H19N3O3S. The van der Waals surface area contributed by atoms with Crippen molar-refractivity contribution in [1.82, 2.24) is 9.69 Å². The zero-order valence-electron chi connectivity index (χ0n) is 14.8. The molecule has 0 saturated carbocycles. The van der Waals surface area contributed by atoms with Crippen LogP contribution in [-0.2, 0) is 0 Å². The lowest BCUT2D eigenvalue weighted by atomic mass is 10.2. The fraction of sp³-hybridized carbons (Fsp3) is 0.200. The van der Waals surface area contributed by atoms with Crippen molar-refractivity contribution in [3.63, 3.8) is 0 Å². The molecule has 2 aromatic heterocycles. The molecule has 4 rings (SSSR count). The average molecular weight is 381 g/mol. The van der Waals surface area contributed by atoms with Crippen LogP contribution in [0.4, 0.5) is 5.82 Å². The summed E-state index contributed by atoms with van der Waals surface area (Å²) in [5, 5.41) is 8.18. The Labute approximate surface area is 160 Å². The van der Waals surface area contributed by atoms with E-state index in [0.717, 1.165) is 34.3 Å². The van der Waals surface area contributed by atoms with Gasteiger partial charge in [0.05, 0.1) is 11.8 Å². The quantitative estimate of drug-likeness (QED) is 0.467. The SMILES string of the molecule is COc1cccc2cc(C(=O)NCCCNc3nsc4ccccc34)oc12. The number of fused-ring (bicyclic) bond motifs is 2. The maximum Gasteiger partial charge on any atom is 0.287 e. The molecular weight excluding hydrogens is 362 g/mol. The van der Waals surface area contributed by atoms with Crippen LogP contribution in [0.5, 0.6) is 5.75 Å². The summed E-state index contributed by atoms with van der Waals surface area (Å²) < 4.78 is 16.5. The van der Waals surface area contributed by atoms with E-state index in [9.17, 15) is 4.79 Å². The van der Waals surface area contributed by atoms with Crippen LogP contribution >= 0.6 is 11.5 Å². The molecule has 27 heavy (non-hydrogen) atoms. The second-order valence-corrected chi connectivity index (χ2v) is 6.86. The number of anilines is 1. The van der Waals surface area contributed by atoms with Gasteiger partial charge in [-0.3, -0.25) is 4.79 Å². The summed E-state index contributed by atoms with van der Waals surface area (Å²) in [7, 11) is 1.58. The van der Waals surface area contributed by atoms with E-state index in [2.05, 4.69) is 27.1 Å². The molecule has 0 radical (unpaired) electrons. The molecule has 6 nitrogen and oxygen atoms in total. The van der Waals surface area contributed by atoms with Crippen LogP contribution in [0.1, 0.15) is 17.0 Å². The van der Waals surface area contributed by atoms with Crippen molar-refractivity contribution < 1.29 is 13.9 Å². The Balaban J connectivity index is 1.30. The first-order chi connectivity index (χ1) is 13.3. The van der Waals surface area contributed by atoms with Gasteiger partial charge < -0.3 is 19.8 Å². The van der Waals surface area contributed by atoms with Gasteiger partial charge in [0.25, 0.3) is 5.91 Å². The van der Waals surface area contributed by atoms with Gasteiger partial charge in [-0.25, -0.2) is 0 Å². The highest BCUT2D eigenvalue weighted by atomic mass is 32.1. The number of nitrogens with one attached hydrogen (secondary N) is 2. The summed E-state index contributed by atoms with van der Waals surface area (Å²) in [5.74, 6) is 1.57. The number of ether oxygens (including phenoxy) is 1. The Bertz CT molecular complexity index is 1090. The van der Waals surface area contributed by atoms with Gasteiger partial charge in [-0.1, -0.05) is 24.3 Å². The lowest BCUT2D eigenvalue weighted by Gasteiger charge is -2.05. The Kier molecular flexibility index (Phi) is 4.93. The number of hydrogen-bond donors (Lipinski definition) is 2. The van der Waals surface area contributed by atoms with Gasteiger partial charge in [-0.15, -0.1) is 0 Å². The first kappa shape index (κ1) is 17.4. The Morgan fingerprint density at radius 3 is 2.96 bits per heavy atom. The number of para-hydroxylation sites is 1. The fourth-order valence-corrected chi connectivity index (χ4v) is 3.66. The van der Waals surface area contributed by atoms with Gasteiger partial charge in [0.15, 0.2) is 17.1 Å². The zero-order valence-corrected chi connectivity index (χ0v) is 15.6. The summed E-state index contributed by atoms with van der Waals surface area (Å²) in [6.07, 6.45) is 0.779. The van der Waals surface area contributed by atoms with Gasteiger partial charge in [0, 0.05) is 23.9 Å². The molecule has 0 atom stereocenters. The van der Waals surface area contributed by atoms with Gasteiger partial charge in [0.1, 0.15) is 5.82 Å². The predicted molar refractivity (Wildman–Crippen MR) is 108 cm³/mol. The minimum atomic E-state index is -0.229.